The first-order chi connectivity index (χ1) is 15.2. The van der Waals surface area contributed by atoms with Gasteiger partial charge in [-0.1, -0.05) is 44.2 Å². The second-order valence-corrected chi connectivity index (χ2v) is 9.12. The fourth-order valence-electron chi connectivity index (χ4n) is 4.80. The van der Waals surface area contributed by atoms with Crippen molar-refractivity contribution in [1.29, 1.82) is 0 Å². The molecule has 1 aliphatic heterocycles. The van der Waals surface area contributed by atoms with Gasteiger partial charge in [0.25, 0.3) is 11.2 Å². The lowest BCUT2D eigenvalue weighted by Gasteiger charge is -2.37. The monoisotopic (exact) mass is 430 g/mol. The van der Waals surface area contributed by atoms with Crippen molar-refractivity contribution in [1.82, 2.24) is 9.78 Å². The number of nitro benzene ring substituents is 1. The summed E-state index contributed by atoms with van der Waals surface area (Å²) in [7, 11) is 0. The molecule has 32 heavy (non-hydrogen) atoms. The van der Waals surface area contributed by atoms with Crippen molar-refractivity contribution in [3.05, 3.63) is 97.5 Å². The number of aromatic amines is 1. The number of nitrogens with one attached hydrogen (secondary N) is 2. The first kappa shape index (κ1) is 20.0. The molecule has 8 heteroatoms. The van der Waals surface area contributed by atoms with Crippen molar-refractivity contribution in [3.8, 4) is 5.69 Å². The Morgan fingerprint density at radius 1 is 1.06 bits per heavy atom. The molecule has 162 valence electrons. The molecule has 2 N–H and O–H groups in total. The predicted octanol–water partition coefficient (Wildman–Crippen LogP) is 4.27. The van der Waals surface area contributed by atoms with E-state index in [-0.39, 0.29) is 22.4 Å². The lowest BCUT2D eigenvalue weighted by atomic mass is 9.69. The first-order valence-corrected chi connectivity index (χ1v) is 10.4. The Bertz CT molecular complexity index is 1350. The number of rotatable bonds is 3. The van der Waals surface area contributed by atoms with Gasteiger partial charge in [-0.15, -0.1) is 0 Å². The molecule has 1 aromatic heterocycles. The Balaban J connectivity index is 1.76. The fraction of sp³-hybridized carbons (Fsp3) is 0.250. The van der Waals surface area contributed by atoms with Crippen molar-refractivity contribution in [3.63, 3.8) is 0 Å². The third-order valence-electron chi connectivity index (χ3n) is 6.13. The molecule has 1 atom stereocenters. The molecule has 0 radical (unpaired) electrons. The summed E-state index contributed by atoms with van der Waals surface area (Å²) >= 11 is 0. The highest BCUT2D eigenvalue weighted by atomic mass is 16.6. The van der Waals surface area contributed by atoms with Crippen LogP contribution in [0.3, 0.4) is 0 Å². The van der Waals surface area contributed by atoms with Crippen LogP contribution in [0.5, 0.6) is 0 Å². The number of benzene rings is 2. The van der Waals surface area contributed by atoms with Crippen LogP contribution in [-0.4, -0.2) is 20.5 Å². The van der Waals surface area contributed by atoms with Gasteiger partial charge in [0.15, 0.2) is 5.78 Å². The van der Waals surface area contributed by atoms with Gasteiger partial charge in [-0.3, -0.25) is 24.8 Å². The van der Waals surface area contributed by atoms with Gasteiger partial charge in [-0.2, -0.15) is 0 Å². The molecule has 0 unspecified atom stereocenters. The van der Waals surface area contributed by atoms with E-state index in [1.807, 2.05) is 44.2 Å². The zero-order valence-corrected chi connectivity index (χ0v) is 17.7. The summed E-state index contributed by atoms with van der Waals surface area (Å²) < 4.78 is 1.44. The second kappa shape index (κ2) is 7.05. The van der Waals surface area contributed by atoms with E-state index in [0.717, 1.165) is 5.70 Å². The van der Waals surface area contributed by atoms with Gasteiger partial charge in [0, 0.05) is 35.7 Å². The molecule has 8 nitrogen and oxygen atoms in total. The molecule has 2 heterocycles. The van der Waals surface area contributed by atoms with Gasteiger partial charge in [0.1, 0.15) is 5.82 Å². The van der Waals surface area contributed by atoms with Gasteiger partial charge in [0.2, 0.25) is 0 Å². The van der Waals surface area contributed by atoms with Crippen molar-refractivity contribution < 1.29 is 9.72 Å². The van der Waals surface area contributed by atoms with Crippen molar-refractivity contribution in [2.75, 3.05) is 5.32 Å². The van der Waals surface area contributed by atoms with Crippen LogP contribution >= 0.6 is 0 Å². The molecule has 5 rings (SSSR count). The van der Waals surface area contributed by atoms with Crippen LogP contribution < -0.4 is 10.9 Å². The lowest BCUT2D eigenvalue weighted by molar-refractivity contribution is -0.384. The Labute approximate surface area is 183 Å². The topological polar surface area (TPSA) is 110 Å². The standard InChI is InChI=1S/C24H22N4O4/c1-24(2)12-17-20(18(29)13-24)19(14-7-6-10-16(11-14)28(31)32)21-22(25-17)26-27(23(21)30)15-8-4-3-5-9-15/h3-11,19,25-26H,12-13H2,1-2H3/t19-/m0/s1. The molecule has 1 aliphatic carbocycles. The van der Waals surface area contributed by atoms with Crippen molar-refractivity contribution >= 4 is 17.3 Å². The number of Topliss-reactive ketones (excluding diaryl/α,β-unsaturated/α-hetero) is 1. The third kappa shape index (κ3) is 3.15. The van der Waals surface area contributed by atoms with E-state index < -0.39 is 10.8 Å². The smallest absolute Gasteiger partial charge is 0.277 e. The Morgan fingerprint density at radius 2 is 1.81 bits per heavy atom. The van der Waals surface area contributed by atoms with Gasteiger partial charge < -0.3 is 5.32 Å². The van der Waals surface area contributed by atoms with Crippen molar-refractivity contribution in [2.24, 2.45) is 5.41 Å². The van der Waals surface area contributed by atoms with Crippen LogP contribution in [-0.2, 0) is 4.79 Å². The minimum atomic E-state index is -0.682. The molecule has 0 spiro atoms. The van der Waals surface area contributed by atoms with Crippen LogP contribution in [0.25, 0.3) is 5.69 Å². The van der Waals surface area contributed by atoms with Gasteiger partial charge >= 0.3 is 0 Å². The number of nitro groups is 1. The summed E-state index contributed by atoms with van der Waals surface area (Å²) in [4.78, 5) is 37.8. The molecule has 2 aliphatic rings. The van der Waals surface area contributed by atoms with Crippen molar-refractivity contribution in [2.45, 2.75) is 32.6 Å². The van der Waals surface area contributed by atoms with Gasteiger partial charge in [0.05, 0.1) is 16.2 Å². The molecular weight excluding hydrogens is 408 g/mol. The number of hydrogen-bond donors (Lipinski definition) is 2. The molecule has 2 aromatic carbocycles. The van der Waals surface area contributed by atoms with Crippen LogP contribution in [0.15, 0.2) is 70.7 Å². The summed E-state index contributed by atoms with van der Waals surface area (Å²) in [5.74, 6) is -0.212. The number of aromatic nitrogens is 2. The summed E-state index contributed by atoms with van der Waals surface area (Å²) in [6.45, 7) is 4.07. The number of nitrogens with zero attached hydrogens (tertiary/aromatic N) is 2. The number of para-hydroxylation sites is 1. The normalized spacial score (nSPS) is 19.2. The molecule has 0 fully saturated rings. The number of fused-ring (bicyclic) bond motifs is 1. The van der Waals surface area contributed by atoms with E-state index in [1.54, 1.807) is 12.1 Å². The first-order valence-electron chi connectivity index (χ1n) is 10.4. The van der Waals surface area contributed by atoms with Crippen LogP contribution in [0.4, 0.5) is 11.5 Å². The largest absolute Gasteiger partial charge is 0.343 e. The number of allylic oxidation sites excluding steroid dienone is 2. The average Bonchev–Trinajstić information content (AvgIpc) is 3.08. The molecule has 0 amide bonds. The van der Waals surface area contributed by atoms with Crippen LogP contribution in [0.2, 0.25) is 0 Å². The molecule has 0 bridgehead atoms. The third-order valence-corrected chi connectivity index (χ3v) is 6.13. The Kier molecular flexibility index (Phi) is 4.40. The lowest BCUT2D eigenvalue weighted by Crippen LogP contribution is -2.35. The van der Waals surface area contributed by atoms with E-state index in [9.17, 15) is 19.7 Å². The minimum absolute atomic E-state index is 0.0437. The maximum absolute atomic E-state index is 13.5. The number of carbonyl (C=O) groups excluding carboxylic acids is 1. The number of hydrogen-bond acceptors (Lipinski definition) is 5. The molecular formula is C24H22N4O4. The predicted molar refractivity (Wildman–Crippen MR) is 120 cm³/mol. The number of H-pyrrole nitrogens is 1. The van der Waals surface area contributed by atoms with E-state index >= 15 is 0 Å². The summed E-state index contributed by atoms with van der Waals surface area (Å²) in [6, 6.07) is 15.4. The number of anilines is 1. The maximum atomic E-state index is 13.5. The zero-order chi connectivity index (χ0) is 22.6. The van der Waals surface area contributed by atoms with E-state index in [2.05, 4.69) is 10.4 Å². The highest BCUT2D eigenvalue weighted by Gasteiger charge is 2.43. The van der Waals surface area contributed by atoms with Gasteiger partial charge in [-0.25, -0.2) is 4.68 Å². The quantitative estimate of drug-likeness (QED) is 0.476. The van der Waals surface area contributed by atoms with Crippen LogP contribution in [0.1, 0.15) is 43.7 Å². The summed E-state index contributed by atoms with van der Waals surface area (Å²) in [5, 5.41) is 17.9. The summed E-state index contributed by atoms with van der Waals surface area (Å²) in [5.41, 5.74) is 2.30. The highest BCUT2D eigenvalue weighted by Crippen LogP contribution is 2.48. The fourth-order valence-corrected chi connectivity index (χ4v) is 4.80. The number of ketones is 1. The number of carbonyl (C=O) groups is 1. The molecule has 3 aromatic rings. The summed E-state index contributed by atoms with van der Waals surface area (Å²) in [6.07, 6.45) is 0.989. The maximum Gasteiger partial charge on any atom is 0.277 e. The molecule has 0 saturated heterocycles. The number of non-ortho nitro benzene ring substituents is 1. The van der Waals surface area contributed by atoms with Gasteiger partial charge in [-0.05, 0) is 29.5 Å². The van der Waals surface area contributed by atoms with E-state index in [1.165, 1.54) is 16.8 Å². The zero-order valence-electron chi connectivity index (χ0n) is 17.7. The molecule has 0 saturated carbocycles. The minimum Gasteiger partial charge on any atom is -0.343 e. The average molecular weight is 430 g/mol. The Morgan fingerprint density at radius 3 is 2.53 bits per heavy atom. The van der Waals surface area contributed by atoms with E-state index in [0.29, 0.717) is 41.0 Å². The highest BCUT2D eigenvalue weighted by molar-refractivity contribution is 6.01. The second-order valence-electron chi connectivity index (χ2n) is 9.12. The van der Waals surface area contributed by atoms with Crippen LogP contribution in [0, 0.1) is 15.5 Å². The Hall–Kier alpha value is -3.94. The van der Waals surface area contributed by atoms with E-state index in [4.69, 9.17) is 0 Å². The SMILES string of the molecule is CC1(C)CC(=O)C2=C(C1)Nc1[nH]n(-c3ccccc3)c(=O)c1[C@H]2c1cccc([N+](=O)[O-])c1.